The van der Waals surface area contributed by atoms with Gasteiger partial charge in [-0.2, -0.15) is 0 Å². The van der Waals surface area contributed by atoms with Crippen molar-refractivity contribution >= 4 is 11.7 Å². The van der Waals surface area contributed by atoms with Crippen molar-refractivity contribution in [3.63, 3.8) is 0 Å². The molecule has 0 heterocycles. The van der Waals surface area contributed by atoms with Gasteiger partial charge in [-0.05, 0) is 49.4 Å². The zero-order valence-electron chi connectivity index (χ0n) is 10.4. The second-order valence-electron chi connectivity index (χ2n) is 4.23. The highest BCUT2D eigenvalue weighted by Crippen LogP contribution is 2.16. The SMILES string of the molecule is CNc1ccc(CCCC(N)C(=O)O)c(C)c1. The normalized spacial score (nSPS) is 12.2. The van der Waals surface area contributed by atoms with Gasteiger partial charge in [0.05, 0.1) is 0 Å². The Morgan fingerprint density at radius 1 is 1.53 bits per heavy atom. The molecular weight excluding hydrogens is 216 g/mol. The Kier molecular flexibility index (Phi) is 4.97. The van der Waals surface area contributed by atoms with Crippen molar-refractivity contribution in [3.05, 3.63) is 29.3 Å². The third-order valence-electron chi connectivity index (χ3n) is 2.91. The van der Waals surface area contributed by atoms with Gasteiger partial charge in [-0.15, -0.1) is 0 Å². The molecule has 0 fully saturated rings. The number of nitrogens with two attached hydrogens (primary N) is 1. The number of anilines is 1. The highest BCUT2D eigenvalue weighted by atomic mass is 16.4. The van der Waals surface area contributed by atoms with E-state index in [2.05, 4.69) is 24.4 Å². The smallest absolute Gasteiger partial charge is 0.320 e. The summed E-state index contributed by atoms with van der Waals surface area (Å²) in [6.45, 7) is 2.06. The van der Waals surface area contributed by atoms with E-state index in [1.54, 1.807) is 0 Å². The molecule has 0 aromatic heterocycles. The quantitative estimate of drug-likeness (QED) is 0.703. The standard InChI is InChI=1S/C13H20N2O2/c1-9-8-11(15-2)7-6-10(9)4-3-5-12(14)13(16)17/h6-8,12,15H,3-5,14H2,1-2H3,(H,16,17). The molecule has 0 saturated heterocycles. The first-order valence-electron chi connectivity index (χ1n) is 5.80. The van der Waals surface area contributed by atoms with E-state index < -0.39 is 12.0 Å². The maximum atomic E-state index is 10.6. The Labute approximate surface area is 102 Å². The van der Waals surface area contributed by atoms with E-state index in [1.807, 2.05) is 13.1 Å². The first kappa shape index (κ1) is 13.5. The molecule has 94 valence electrons. The number of carboxylic acids is 1. The monoisotopic (exact) mass is 236 g/mol. The van der Waals surface area contributed by atoms with Crippen LogP contribution in [0.3, 0.4) is 0 Å². The fourth-order valence-corrected chi connectivity index (χ4v) is 1.77. The van der Waals surface area contributed by atoms with Crippen molar-refractivity contribution in [1.82, 2.24) is 0 Å². The molecule has 4 N–H and O–H groups in total. The number of carboxylic acid groups (broad SMARTS) is 1. The molecule has 4 heteroatoms. The molecule has 1 rings (SSSR count). The number of rotatable bonds is 6. The van der Waals surface area contributed by atoms with Crippen molar-refractivity contribution in [2.45, 2.75) is 32.2 Å². The second-order valence-corrected chi connectivity index (χ2v) is 4.23. The van der Waals surface area contributed by atoms with Crippen LogP contribution in [0.2, 0.25) is 0 Å². The number of nitrogens with one attached hydrogen (secondary N) is 1. The Hall–Kier alpha value is -1.55. The van der Waals surface area contributed by atoms with E-state index in [0.717, 1.165) is 18.5 Å². The van der Waals surface area contributed by atoms with Gasteiger partial charge in [-0.25, -0.2) is 0 Å². The summed E-state index contributed by atoms with van der Waals surface area (Å²) in [5, 5.41) is 11.8. The average Bonchev–Trinajstić information content (AvgIpc) is 2.30. The van der Waals surface area contributed by atoms with Gasteiger partial charge in [-0.3, -0.25) is 4.79 Å². The number of aliphatic carboxylic acids is 1. The molecule has 0 radical (unpaired) electrons. The highest BCUT2D eigenvalue weighted by molar-refractivity contribution is 5.72. The van der Waals surface area contributed by atoms with Gasteiger partial charge in [0.2, 0.25) is 0 Å². The zero-order valence-corrected chi connectivity index (χ0v) is 10.4. The van der Waals surface area contributed by atoms with Gasteiger partial charge in [0.1, 0.15) is 6.04 Å². The summed E-state index contributed by atoms with van der Waals surface area (Å²) >= 11 is 0. The number of benzene rings is 1. The van der Waals surface area contributed by atoms with Crippen molar-refractivity contribution < 1.29 is 9.90 Å². The van der Waals surface area contributed by atoms with Crippen LogP contribution in [-0.2, 0) is 11.2 Å². The molecule has 0 bridgehead atoms. The second kappa shape index (κ2) is 6.25. The summed E-state index contributed by atoms with van der Waals surface area (Å²) in [6, 6.07) is 5.45. The summed E-state index contributed by atoms with van der Waals surface area (Å²) < 4.78 is 0. The predicted octanol–water partition coefficient (Wildman–Crippen LogP) is 1.77. The minimum atomic E-state index is -0.924. The van der Waals surface area contributed by atoms with Crippen LogP contribution in [0, 0.1) is 6.92 Å². The Balaban J connectivity index is 2.49. The molecule has 0 saturated carbocycles. The first-order valence-corrected chi connectivity index (χ1v) is 5.80. The van der Waals surface area contributed by atoms with E-state index in [1.165, 1.54) is 11.1 Å². The molecule has 1 atom stereocenters. The number of hydrogen-bond acceptors (Lipinski definition) is 3. The summed E-state index contributed by atoms with van der Waals surface area (Å²) in [5.74, 6) is -0.924. The zero-order chi connectivity index (χ0) is 12.8. The van der Waals surface area contributed by atoms with Gasteiger partial charge >= 0.3 is 5.97 Å². The minimum absolute atomic E-state index is 0.516. The van der Waals surface area contributed by atoms with Gasteiger partial charge < -0.3 is 16.2 Å². The molecule has 1 aromatic rings. The molecule has 0 spiro atoms. The minimum Gasteiger partial charge on any atom is -0.480 e. The summed E-state index contributed by atoms with van der Waals surface area (Å²) in [6.07, 6.45) is 2.19. The van der Waals surface area contributed by atoms with Crippen molar-refractivity contribution in [2.24, 2.45) is 5.73 Å². The maximum absolute atomic E-state index is 10.6. The lowest BCUT2D eigenvalue weighted by Crippen LogP contribution is -2.29. The molecule has 1 unspecified atom stereocenters. The molecule has 17 heavy (non-hydrogen) atoms. The molecule has 0 aliphatic carbocycles. The van der Waals surface area contributed by atoms with Crippen LogP contribution in [0.5, 0.6) is 0 Å². The van der Waals surface area contributed by atoms with Crippen LogP contribution in [0.15, 0.2) is 18.2 Å². The maximum Gasteiger partial charge on any atom is 0.320 e. The summed E-state index contributed by atoms with van der Waals surface area (Å²) in [4.78, 5) is 10.6. The lowest BCUT2D eigenvalue weighted by atomic mass is 10.0. The first-order chi connectivity index (χ1) is 8.04. The molecular formula is C13H20N2O2. The van der Waals surface area contributed by atoms with E-state index in [-0.39, 0.29) is 0 Å². The van der Waals surface area contributed by atoms with Crippen LogP contribution in [-0.4, -0.2) is 24.2 Å². The fourth-order valence-electron chi connectivity index (χ4n) is 1.77. The molecule has 0 amide bonds. The fraction of sp³-hybridized carbons (Fsp3) is 0.462. The molecule has 4 nitrogen and oxygen atoms in total. The third kappa shape index (κ3) is 4.07. The van der Waals surface area contributed by atoms with Crippen LogP contribution in [0.1, 0.15) is 24.0 Å². The van der Waals surface area contributed by atoms with Gasteiger partial charge in [0.25, 0.3) is 0 Å². The summed E-state index contributed by atoms with van der Waals surface area (Å²) in [5.41, 5.74) is 9.02. The van der Waals surface area contributed by atoms with Gasteiger partial charge in [0.15, 0.2) is 0 Å². The van der Waals surface area contributed by atoms with E-state index in [0.29, 0.717) is 6.42 Å². The molecule has 0 aliphatic heterocycles. The van der Waals surface area contributed by atoms with Crippen LogP contribution >= 0.6 is 0 Å². The lowest BCUT2D eigenvalue weighted by Gasteiger charge is -2.09. The number of aryl methyl sites for hydroxylation is 2. The Morgan fingerprint density at radius 2 is 2.24 bits per heavy atom. The van der Waals surface area contributed by atoms with Crippen LogP contribution < -0.4 is 11.1 Å². The van der Waals surface area contributed by atoms with Gasteiger partial charge in [0, 0.05) is 12.7 Å². The lowest BCUT2D eigenvalue weighted by molar-refractivity contribution is -0.138. The third-order valence-corrected chi connectivity index (χ3v) is 2.91. The van der Waals surface area contributed by atoms with Crippen molar-refractivity contribution in [1.29, 1.82) is 0 Å². The topological polar surface area (TPSA) is 75.3 Å². The molecule has 1 aromatic carbocycles. The predicted molar refractivity (Wildman–Crippen MR) is 69.3 cm³/mol. The van der Waals surface area contributed by atoms with Crippen molar-refractivity contribution in [2.75, 3.05) is 12.4 Å². The summed E-state index contributed by atoms with van der Waals surface area (Å²) in [7, 11) is 1.89. The van der Waals surface area contributed by atoms with Crippen LogP contribution in [0.4, 0.5) is 5.69 Å². The largest absolute Gasteiger partial charge is 0.480 e. The number of carbonyl (C=O) groups is 1. The van der Waals surface area contributed by atoms with Crippen LogP contribution in [0.25, 0.3) is 0 Å². The highest BCUT2D eigenvalue weighted by Gasteiger charge is 2.10. The van der Waals surface area contributed by atoms with E-state index >= 15 is 0 Å². The number of hydrogen-bond donors (Lipinski definition) is 3. The average molecular weight is 236 g/mol. The Bertz CT molecular complexity index is 391. The molecule has 0 aliphatic rings. The van der Waals surface area contributed by atoms with Crippen molar-refractivity contribution in [3.8, 4) is 0 Å². The Morgan fingerprint density at radius 3 is 2.76 bits per heavy atom. The van der Waals surface area contributed by atoms with E-state index in [9.17, 15) is 4.79 Å². The van der Waals surface area contributed by atoms with Gasteiger partial charge in [-0.1, -0.05) is 6.07 Å². The van der Waals surface area contributed by atoms with E-state index in [4.69, 9.17) is 10.8 Å².